The molecule has 0 aromatic carbocycles. The molecular weight excluding hydrogens is 240 g/mol. The van der Waals surface area contributed by atoms with Gasteiger partial charge in [0.25, 0.3) is 0 Å². The van der Waals surface area contributed by atoms with Gasteiger partial charge in [0.2, 0.25) is 5.91 Å². The summed E-state index contributed by atoms with van der Waals surface area (Å²) in [6, 6.07) is 0.276. The molecule has 2 N–H and O–H groups in total. The molecule has 4 heteroatoms. The fourth-order valence-electron chi connectivity index (χ4n) is 3.26. The Balaban J connectivity index is 1.93. The molecule has 0 spiro atoms. The first kappa shape index (κ1) is 14.8. The minimum absolute atomic E-state index is 0.0228. The predicted molar refractivity (Wildman–Crippen MR) is 76.0 cm³/mol. The monoisotopic (exact) mass is 268 g/mol. The molecular formula is C15H28N2O2. The lowest BCUT2D eigenvalue weighted by Crippen LogP contribution is -2.51. The van der Waals surface area contributed by atoms with Gasteiger partial charge in [-0.2, -0.15) is 0 Å². The van der Waals surface area contributed by atoms with E-state index < -0.39 is 0 Å². The van der Waals surface area contributed by atoms with Gasteiger partial charge in [-0.15, -0.1) is 0 Å². The van der Waals surface area contributed by atoms with Crippen molar-refractivity contribution in [1.29, 1.82) is 0 Å². The van der Waals surface area contributed by atoms with Crippen molar-refractivity contribution in [2.75, 3.05) is 19.7 Å². The van der Waals surface area contributed by atoms with Crippen molar-refractivity contribution in [3.8, 4) is 0 Å². The first-order chi connectivity index (χ1) is 9.03. The molecule has 19 heavy (non-hydrogen) atoms. The molecule has 0 aromatic heterocycles. The van der Waals surface area contributed by atoms with Crippen molar-refractivity contribution in [1.82, 2.24) is 10.6 Å². The van der Waals surface area contributed by atoms with E-state index in [1.807, 2.05) is 0 Å². The molecule has 0 radical (unpaired) electrons. The van der Waals surface area contributed by atoms with E-state index in [9.17, 15) is 4.79 Å². The average molecular weight is 268 g/mol. The van der Waals surface area contributed by atoms with E-state index in [4.69, 9.17) is 4.74 Å². The molecule has 2 fully saturated rings. The summed E-state index contributed by atoms with van der Waals surface area (Å²) in [6.45, 7) is 8.93. The van der Waals surface area contributed by atoms with Crippen molar-refractivity contribution >= 4 is 5.91 Å². The minimum Gasteiger partial charge on any atom is -0.375 e. The predicted octanol–water partition coefficient (Wildman–Crippen LogP) is 1.84. The minimum atomic E-state index is -0.223. The van der Waals surface area contributed by atoms with Gasteiger partial charge in [-0.05, 0) is 45.6 Å². The molecule has 2 heterocycles. The van der Waals surface area contributed by atoms with Crippen molar-refractivity contribution in [3.63, 3.8) is 0 Å². The maximum absolute atomic E-state index is 12.4. The quantitative estimate of drug-likeness (QED) is 0.818. The Labute approximate surface area is 116 Å². The Morgan fingerprint density at radius 2 is 2.16 bits per heavy atom. The summed E-state index contributed by atoms with van der Waals surface area (Å²) in [4.78, 5) is 12.4. The summed E-state index contributed by atoms with van der Waals surface area (Å²) >= 11 is 0. The second-order valence-electron chi connectivity index (χ2n) is 6.39. The molecule has 0 saturated carbocycles. The number of rotatable bonds is 4. The van der Waals surface area contributed by atoms with Gasteiger partial charge < -0.3 is 15.4 Å². The molecule has 0 aliphatic carbocycles. The number of hydrogen-bond donors (Lipinski definition) is 2. The number of carbonyl (C=O) groups excluding carboxylic acids is 1. The van der Waals surface area contributed by atoms with E-state index in [1.54, 1.807) is 0 Å². The van der Waals surface area contributed by atoms with Crippen LogP contribution < -0.4 is 10.6 Å². The number of amides is 1. The van der Waals surface area contributed by atoms with Gasteiger partial charge in [0.05, 0.1) is 11.0 Å². The third kappa shape index (κ3) is 3.11. The largest absolute Gasteiger partial charge is 0.375 e. The van der Waals surface area contributed by atoms with Gasteiger partial charge in [0.15, 0.2) is 0 Å². The Morgan fingerprint density at radius 3 is 2.74 bits per heavy atom. The zero-order valence-electron chi connectivity index (χ0n) is 12.6. The molecule has 1 amide bonds. The summed E-state index contributed by atoms with van der Waals surface area (Å²) in [6.07, 6.45) is 4.88. The molecule has 0 bridgehead atoms. The fraction of sp³-hybridized carbons (Fsp3) is 0.933. The van der Waals surface area contributed by atoms with Crippen LogP contribution in [0.25, 0.3) is 0 Å². The maximum Gasteiger partial charge on any atom is 0.227 e. The Morgan fingerprint density at radius 1 is 1.42 bits per heavy atom. The maximum atomic E-state index is 12.4. The number of carbonyl (C=O) groups is 1. The van der Waals surface area contributed by atoms with E-state index in [0.29, 0.717) is 0 Å². The topological polar surface area (TPSA) is 50.4 Å². The fourth-order valence-corrected chi connectivity index (χ4v) is 3.26. The Kier molecular flexibility index (Phi) is 4.51. The molecule has 2 unspecified atom stereocenters. The highest BCUT2D eigenvalue weighted by Gasteiger charge is 2.40. The zero-order valence-corrected chi connectivity index (χ0v) is 12.6. The number of nitrogens with one attached hydrogen (secondary N) is 2. The van der Waals surface area contributed by atoms with Crippen LogP contribution in [0, 0.1) is 5.41 Å². The first-order valence-electron chi connectivity index (χ1n) is 7.69. The highest BCUT2D eigenvalue weighted by molar-refractivity contribution is 5.83. The van der Waals surface area contributed by atoms with Gasteiger partial charge in [-0.1, -0.05) is 13.8 Å². The van der Waals surface area contributed by atoms with Gasteiger partial charge >= 0.3 is 0 Å². The lowest BCUT2D eigenvalue weighted by Gasteiger charge is -2.41. The van der Waals surface area contributed by atoms with Crippen LogP contribution in [0.2, 0.25) is 0 Å². The highest BCUT2D eigenvalue weighted by atomic mass is 16.5. The molecule has 2 atom stereocenters. The standard InChI is InChI=1S/C15H28N2O2/c1-4-15(5-2)10-12(6-9-19-15)17-13(18)14(3)7-8-16-11-14/h12,16H,4-11H2,1-3H3,(H,17,18). The van der Waals surface area contributed by atoms with Crippen molar-refractivity contribution in [3.05, 3.63) is 0 Å². The van der Waals surface area contributed by atoms with Crippen LogP contribution in [0.5, 0.6) is 0 Å². The third-order valence-corrected chi connectivity index (χ3v) is 5.03. The molecule has 2 aliphatic heterocycles. The highest BCUT2D eigenvalue weighted by Crippen LogP contribution is 2.32. The van der Waals surface area contributed by atoms with Crippen LogP contribution in [0.1, 0.15) is 52.9 Å². The molecule has 2 aliphatic rings. The smallest absolute Gasteiger partial charge is 0.227 e. The second kappa shape index (κ2) is 5.80. The first-order valence-corrected chi connectivity index (χ1v) is 7.69. The van der Waals surface area contributed by atoms with E-state index in [0.717, 1.165) is 51.8 Å². The van der Waals surface area contributed by atoms with Crippen molar-refractivity contribution in [2.45, 2.75) is 64.5 Å². The van der Waals surface area contributed by atoms with E-state index in [2.05, 4.69) is 31.4 Å². The van der Waals surface area contributed by atoms with E-state index >= 15 is 0 Å². The normalized spacial score (nSPS) is 34.2. The lowest BCUT2D eigenvalue weighted by molar-refractivity contribution is -0.133. The zero-order chi connectivity index (χ0) is 13.9. The van der Waals surface area contributed by atoms with Crippen molar-refractivity contribution in [2.24, 2.45) is 5.41 Å². The summed E-state index contributed by atoms with van der Waals surface area (Å²) < 4.78 is 5.96. The molecule has 2 rings (SSSR count). The van der Waals surface area contributed by atoms with Crippen LogP contribution in [-0.2, 0) is 9.53 Å². The van der Waals surface area contributed by atoms with Crippen LogP contribution >= 0.6 is 0 Å². The summed E-state index contributed by atoms with van der Waals surface area (Å²) in [5, 5.41) is 6.55. The third-order valence-electron chi connectivity index (χ3n) is 5.03. The average Bonchev–Trinajstić information content (AvgIpc) is 2.87. The van der Waals surface area contributed by atoms with Gasteiger partial charge in [-0.3, -0.25) is 4.79 Å². The molecule has 4 nitrogen and oxygen atoms in total. The van der Waals surface area contributed by atoms with E-state index in [-0.39, 0.29) is 23.0 Å². The Hall–Kier alpha value is -0.610. The Bertz CT molecular complexity index is 320. The second-order valence-corrected chi connectivity index (χ2v) is 6.39. The van der Waals surface area contributed by atoms with Gasteiger partial charge in [0.1, 0.15) is 0 Å². The van der Waals surface area contributed by atoms with Crippen molar-refractivity contribution < 1.29 is 9.53 Å². The number of ether oxygens (including phenoxy) is 1. The SMILES string of the molecule is CCC1(CC)CC(NC(=O)C2(C)CCNC2)CCO1. The molecule has 0 aromatic rings. The summed E-state index contributed by atoms with van der Waals surface area (Å²) in [7, 11) is 0. The summed E-state index contributed by atoms with van der Waals surface area (Å²) in [5.41, 5.74) is -0.246. The lowest BCUT2D eigenvalue weighted by atomic mass is 9.84. The van der Waals surface area contributed by atoms with Gasteiger partial charge in [0, 0.05) is 19.2 Å². The summed E-state index contributed by atoms with van der Waals surface area (Å²) in [5.74, 6) is 0.213. The van der Waals surface area contributed by atoms with E-state index in [1.165, 1.54) is 0 Å². The van der Waals surface area contributed by atoms with Crippen LogP contribution in [0.4, 0.5) is 0 Å². The molecule has 2 saturated heterocycles. The number of hydrogen-bond acceptors (Lipinski definition) is 3. The van der Waals surface area contributed by atoms with Gasteiger partial charge in [-0.25, -0.2) is 0 Å². The molecule has 110 valence electrons. The van der Waals surface area contributed by atoms with Crippen LogP contribution in [0.15, 0.2) is 0 Å². The van der Waals surface area contributed by atoms with Crippen LogP contribution in [-0.4, -0.2) is 37.2 Å². The van der Waals surface area contributed by atoms with Crippen LogP contribution in [0.3, 0.4) is 0 Å².